The molecule has 0 saturated heterocycles. The number of carbonyl (C=O) groups is 1. The average Bonchev–Trinajstić information content (AvgIpc) is 3.03. The summed E-state index contributed by atoms with van der Waals surface area (Å²) >= 11 is 1.21. The Morgan fingerprint density at radius 2 is 1.79 bits per heavy atom. The molecule has 0 unspecified atom stereocenters. The third-order valence-electron chi connectivity index (χ3n) is 5.37. The molecule has 0 saturated carbocycles. The maximum Gasteiger partial charge on any atom is 0.293 e. The number of benzene rings is 2. The lowest BCUT2D eigenvalue weighted by Crippen LogP contribution is -2.32. The van der Waals surface area contributed by atoms with Gasteiger partial charge in [-0.2, -0.15) is 0 Å². The Kier molecular flexibility index (Phi) is 7.21. The fourth-order valence-corrected chi connectivity index (χ4v) is 4.34. The van der Waals surface area contributed by atoms with Gasteiger partial charge in [0.25, 0.3) is 11.2 Å². The molecule has 8 heteroatoms. The van der Waals surface area contributed by atoms with Crippen LogP contribution >= 0.6 is 11.3 Å². The van der Waals surface area contributed by atoms with E-state index in [0.29, 0.717) is 27.0 Å². The van der Waals surface area contributed by atoms with Crippen LogP contribution in [0.15, 0.2) is 47.3 Å². The smallest absolute Gasteiger partial charge is 0.293 e. The minimum absolute atomic E-state index is 0.0371. The molecule has 7 nitrogen and oxygen atoms in total. The number of ketones is 1. The van der Waals surface area contributed by atoms with Gasteiger partial charge in [0.15, 0.2) is 5.78 Å². The van der Waals surface area contributed by atoms with Crippen molar-refractivity contribution >= 4 is 40.6 Å². The van der Waals surface area contributed by atoms with Crippen molar-refractivity contribution in [3.8, 4) is 0 Å². The van der Waals surface area contributed by atoms with E-state index in [9.17, 15) is 19.7 Å². The SMILES string of the molecule is Cc1ccc(Cn2c(=O)/c(=C/c3ccc(N(C)C)c([N+](=O)[O-])c3)s/c2=C\C(=O)C(C)(C)C)cc1. The molecule has 3 aromatic rings. The summed E-state index contributed by atoms with van der Waals surface area (Å²) in [6.07, 6.45) is 3.17. The van der Waals surface area contributed by atoms with Crippen molar-refractivity contribution in [1.82, 2.24) is 4.57 Å². The van der Waals surface area contributed by atoms with E-state index in [4.69, 9.17) is 0 Å². The van der Waals surface area contributed by atoms with Crippen LogP contribution in [0, 0.1) is 22.5 Å². The lowest BCUT2D eigenvalue weighted by Gasteiger charge is -2.13. The second kappa shape index (κ2) is 9.77. The predicted octanol–water partition coefficient (Wildman–Crippen LogP) is 3.47. The summed E-state index contributed by atoms with van der Waals surface area (Å²) in [5.74, 6) is -0.0797. The zero-order chi connectivity index (χ0) is 25.2. The van der Waals surface area contributed by atoms with E-state index in [2.05, 4.69) is 0 Å². The molecule has 0 aliphatic carbocycles. The number of hydrogen-bond donors (Lipinski definition) is 0. The minimum Gasteiger partial charge on any atom is -0.372 e. The molecule has 0 atom stereocenters. The van der Waals surface area contributed by atoms with Gasteiger partial charge in [-0.15, -0.1) is 11.3 Å². The highest BCUT2D eigenvalue weighted by Crippen LogP contribution is 2.27. The van der Waals surface area contributed by atoms with E-state index in [1.807, 2.05) is 52.0 Å². The van der Waals surface area contributed by atoms with Gasteiger partial charge in [-0.1, -0.05) is 56.7 Å². The van der Waals surface area contributed by atoms with E-state index in [0.717, 1.165) is 11.1 Å². The number of hydrogen-bond acceptors (Lipinski definition) is 6. The number of rotatable bonds is 6. The van der Waals surface area contributed by atoms with Crippen molar-refractivity contribution in [3.63, 3.8) is 0 Å². The summed E-state index contributed by atoms with van der Waals surface area (Å²) in [5.41, 5.74) is 2.24. The maximum atomic E-state index is 13.4. The Morgan fingerprint density at radius 3 is 2.35 bits per heavy atom. The number of thiazole rings is 1. The first-order valence-electron chi connectivity index (χ1n) is 10.9. The summed E-state index contributed by atoms with van der Waals surface area (Å²) < 4.78 is 2.55. The fraction of sp³-hybridized carbons (Fsp3) is 0.308. The van der Waals surface area contributed by atoms with Crippen LogP contribution in [0.3, 0.4) is 0 Å². The number of aromatic nitrogens is 1. The summed E-state index contributed by atoms with van der Waals surface area (Å²) in [6.45, 7) is 7.82. The third kappa shape index (κ3) is 5.69. The number of nitro benzene ring substituents is 1. The fourth-order valence-electron chi connectivity index (χ4n) is 3.30. The maximum absolute atomic E-state index is 13.4. The highest BCUT2D eigenvalue weighted by molar-refractivity contribution is 7.07. The predicted molar refractivity (Wildman–Crippen MR) is 138 cm³/mol. The number of nitro groups is 1. The first-order valence-corrected chi connectivity index (χ1v) is 11.7. The molecule has 0 spiro atoms. The monoisotopic (exact) mass is 479 g/mol. The lowest BCUT2D eigenvalue weighted by atomic mass is 9.91. The van der Waals surface area contributed by atoms with Gasteiger partial charge in [-0.05, 0) is 30.2 Å². The molecule has 1 aromatic heterocycles. The molecular weight excluding hydrogens is 450 g/mol. The molecule has 0 N–H and O–H groups in total. The third-order valence-corrected chi connectivity index (χ3v) is 6.43. The molecule has 178 valence electrons. The molecule has 34 heavy (non-hydrogen) atoms. The summed E-state index contributed by atoms with van der Waals surface area (Å²) in [5, 5.41) is 11.6. The van der Waals surface area contributed by atoms with Crippen molar-refractivity contribution in [2.24, 2.45) is 5.41 Å². The Morgan fingerprint density at radius 1 is 1.15 bits per heavy atom. The van der Waals surface area contributed by atoms with Crippen molar-refractivity contribution in [2.75, 3.05) is 19.0 Å². The molecule has 0 radical (unpaired) electrons. The molecule has 2 aromatic carbocycles. The number of Topliss-reactive ketones (excluding diaryl/α,β-unsaturated/α-hetero) is 1. The molecule has 0 bridgehead atoms. The van der Waals surface area contributed by atoms with Gasteiger partial charge in [-0.25, -0.2) is 0 Å². The lowest BCUT2D eigenvalue weighted by molar-refractivity contribution is -0.384. The van der Waals surface area contributed by atoms with Gasteiger partial charge < -0.3 is 4.90 Å². The number of anilines is 1. The van der Waals surface area contributed by atoms with Crippen molar-refractivity contribution in [2.45, 2.75) is 34.2 Å². The van der Waals surface area contributed by atoms with Gasteiger partial charge in [0, 0.05) is 31.7 Å². The van der Waals surface area contributed by atoms with Crippen molar-refractivity contribution in [3.05, 3.63) is 88.8 Å². The summed E-state index contributed by atoms with van der Waals surface area (Å²) in [6, 6.07) is 12.8. The Balaban J connectivity index is 2.20. The van der Waals surface area contributed by atoms with Crippen LogP contribution in [-0.2, 0) is 11.3 Å². The van der Waals surface area contributed by atoms with Crippen LogP contribution in [0.1, 0.15) is 37.5 Å². The van der Waals surface area contributed by atoms with Gasteiger partial charge in [-0.3, -0.25) is 24.3 Å². The van der Waals surface area contributed by atoms with Gasteiger partial charge in [0.05, 0.1) is 16.0 Å². The van der Waals surface area contributed by atoms with Gasteiger partial charge in [0.1, 0.15) is 10.4 Å². The zero-order valence-electron chi connectivity index (χ0n) is 20.3. The Hall–Kier alpha value is -3.52. The second-order valence-corrected chi connectivity index (χ2v) is 10.5. The quantitative estimate of drug-likeness (QED) is 0.399. The van der Waals surface area contributed by atoms with Crippen LogP contribution in [0.5, 0.6) is 0 Å². The first-order chi connectivity index (χ1) is 15.9. The van der Waals surface area contributed by atoms with E-state index < -0.39 is 10.3 Å². The van der Waals surface area contributed by atoms with Crippen LogP contribution < -0.4 is 19.7 Å². The zero-order valence-corrected chi connectivity index (χ0v) is 21.1. The van der Waals surface area contributed by atoms with E-state index >= 15 is 0 Å². The molecule has 0 amide bonds. The van der Waals surface area contributed by atoms with Gasteiger partial charge in [0.2, 0.25) is 0 Å². The molecular formula is C26H29N3O4S. The standard InChI is InChI=1S/C26H29N3O4S/c1-17-7-9-18(10-8-17)16-28-24(15-23(30)26(2,3)4)34-22(25(28)31)14-19-11-12-20(27(5)6)21(13-19)29(32)33/h7-15H,16H2,1-6H3/b22-14-,24-15-. The van der Waals surface area contributed by atoms with Crippen molar-refractivity contribution < 1.29 is 9.72 Å². The number of aryl methyl sites for hydroxylation is 1. The van der Waals surface area contributed by atoms with E-state index in [-0.39, 0.29) is 17.0 Å². The Bertz CT molecular complexity index is 1410. The molecule has 3 rings (SSSR count). The van der Waals surface area contributed by atoms with E-state index in [1.54, 1.807) is 41.8 Å². The molecule has 0 aliphatic rings. The van der Waals surface area contributed by atoms with Crippen LogP contribution in [-0.4, -0.2) is 29.4 Å². The Labute approximate surface area is 202 Å². The molecule has 0 fully saturated rings. The minimum atomic E-state index is -0.582. The normalized spacial score (nSPS) is 12.8. The van der Waals surface area contributed by atoms with E-state index in [1.165, 1.54) is 23.5 Å². The van der Waals surface area contributed by atoms with Crippen LogP contribution in [0.4, 0.5) is 11.4 Å². The van der Waals surface area contributed by atoms with Crippen LogP contribution in [0.2, 0.25) is 0 Å². The largest absolute Gasteiger partial charge is 0.372 e. The summed E-state index contributed by atoms with van der Waals surface area (Å²) in [4.78, 5) is 38.9. The second-order valence-electron chi connectivity index (χ2n) is 9.48. The number of carbonyl (C=O) groups excluding carboxylic acids is 1. The van der Waals surface area contributed by atoms with Crippen LogP contribution in [0.25, 0.3) is 12.2 Å². The van der Waals surface area contributed by atoms with Gasteiger partial charge >= 0.3 is 0 Å². The number of nitrogens with zero attached hydrogens (tertiary/aromatic N) is 3. The average molecular weight is 480 g/mol. The first kappa shape index (κ1) is 25.1. The summed E-state index contributed by atoms with van der Waals surface area (Å²) in [7, 11) is 3.48. The topological polar surface area (TPSA) is 85.4 Å². The highest BCUT2D eigenvalue weighted by Gasteiger charge is 2.20. The molecule has 0 aliphatic heterocycles. The van der Waals surface area contributed by atoms with Crippen molar-refractivity contribution in [1.29, 1.82) is 0 Å². The highest BCUT2D eigenvalue weighted by atomic mass is 32.1. The molecule has 1 heterocycles.